The average molecular weight is 430 g/mol. The summed E-state index contributed by atoms with van der Waals surface area (Å²) in [7, 11) is 0. The van der Waals surface area contributed by atoms with Gasteiger partial charge in [0.25, 0.3) is 16.9 Å². The zero-order chi connectivity index (χ0) is 22.7. The van der Waals surface area contributed by atoms with E-state index in [1.807, 2.05) is 6.07 Å². The van der Waals surface area contributed by atoms with Crippen molar-refractivity contribution >= 4 is 22.7 Å². The van der Waals surface area contributed by atoms with Crippen LogP contribution in [0.1, 0.15) is 0 Å². The predicted octanol–water partition coefficient (Wildman–Crippen LogP) is 5.06. The number of azo groups is 1. The van der Waals surface area contributed by atoms with Gasteiger partial charge in [0.2, 0.25) is 0 Å². The second kappa shape index (κ2) is 8.44. The van der Waals surface area contributed by atoms with Crippen molar-refractivity contribution in [2.24, 2.45) is 10.2 Å². The minimum atomic E-state index is -0.527. The molecule has 1 N–H and O–H groups in total. The van der Waals surface area contributed by atoms with Crippen LogP contribution in [0.15, 0.2) is 93.9 Å². The van der Waals surface area contributed by atoms with E-state index in [-0.39, 0.29) is 17.1 Å². The van der Waals surface area contributed by atoms with Gasteiger partial charge in [-0.15, -0.1) is 5.11 Å². The number of rotatable bonds is 6. The molecule has 11 nitrogen and oxygen atoms in total. The van der Waals surface area contributed by atoms with E-state index >= 15 is 0 Å². The van der Waals surface area contributed by atoms with Gasteiger partial charge in [0.15, 0.2) is 5.69 Å². The van der Waals surface area contributed by atoms with Crippen LogP contribution >= 0.6 is 0 Å². The second-order valence-corrected chi connectivity index (χ2v) is 6.59. The summed E-state index contributed by atoms with van der Waals surface area (Å²) in [5, 5.41) is 32.8. The first-order valence-electron chi connectivity index (χ1n) is 9.25. The Morgan fingerprint density at radius 3 is 1.88 bits per heavy atom. The molecule has 1 aromatic heterocycles. The number of hydrogen-bond acceptors (Lipinski definition) is 7. The molecule has 0 spiro atoms. The van der Waals surface area contributed by atoms with Crippen molar-refractivity contribution in [1.82, 2.24) is 9.78 Å². The molecule has 0 atom stereocenters. The Balaban J connectivity index is 1.79. The molecule has 158 valence electrons. The molecule has 11 heteroatoms. The van der Waals surface area contributed by atoms with Gasteiger partial charge in [-0.1, -0.05) is 30.3 Å². The summed E-state index contributed by atoms with van der Waals surface area (Å²) in [4.78, 5) is 33.8. The lowest BCUT2D eigenvalue weighted by atomic mass is 10.1. The monoisotopic (exact) mass is 430 g/mol. The fourth-order valence-electron chi connectivity index (χ4n) is 2.98. The lowest BCUT2D eigenvalue weighted by Gasteiger charge is -2.01. The van der Waals surface area contributed by atoms with Gasteiger partial charge in [-0.05, 0) is 24.3 Å². The zero-order valence-electron chi connectivity index (χ0n) is 16.3. The summed E-state index contributed by atoms with van der Waals surface area (Å²) in [5.41, 5.74) is 1.12. The van der Waals surface area contributed by atoms with Crippen LogP contribution in [-0.4, -0.2) is 19.6 Å². The van der Waals surface area contributed by atoms with E-state index in [4.69, 9.17) is 0 Å². The van der Waals surface area contributed by atoms with E-state index in [9.17, 15) is 25.0 Å². The number of aromatic nitrogens is 2. The maximum atomic E-state index is 13.1. The van der Waals surface area contributed by atoms with Crippen molar-refractivity contribution in [3.05, 3.63) is 109 Å². The molecule has 0 bridgehead atoms. The molecule has 0 fully saturated rings. The van der Waals surface area contributed by atoms with Gasteiger partial charge in [0.1, 0.15) is 0 Å². The van der Waals surface area contributed by atoms with E-state index in [0.29, 0.717) is 22.6 Å². The largest absolute Gasteiger partial charge is 0.299 e. The van der Waals surface area contributed by atoms with Gasteiger partial charge in [-0.3, -0.25) is 30.1 Å². The zero-order valence-corrected chi connectivity index (χ0v) is 16.3. The fraction of sp³-hybridized carbons (Fsp3) is 0. The molecule has 0 aliphatic heterocycles. The Kier molecular flexibility index (Phi) is 5.36. The van der Waals surface area contributed by atoms with Crippen LogP contribution in [0.3, 0.4) is 0 Å². The molecule has 0 aliphatic carbocycles. The number of aromatic amines is 1. The van der Waals surface area contributed by atoms with Gasteiger partial charge < -0.3 is 0 Å². The van der Waals surface area contributed by atoms with Crippen LogP contribution < -0.4 is 5.56 Å². The number of nitro groups is 2. The number of nitrogens with one attached hydrogen (secondary N) is 1. The number of non-ortho nitro benzene ring substituents is 2. The van der Waals surface area contributed by atoms with E-state index in [0.717, 1.165) is 0 Å². The minimum absolute atomic E-state index is 0.0212. The summed E-state index contributed by atoms with van der Waals surface area (Å²) in [5.74, 6) is 0. The highest BCUT2D eigenvalue weighted by Crippen LogP contribution is 2.28. The SMILES string of the molecule is O=c1c(N=Nc2ccc([N+](=O)[O-])cc2)c(-c2ccccc2)[nH]n1-c1ccc([N+](=O)[O-])cc1. The molecule has 1 heterocycles. The smallest absolute Gasteiger partial charge is 0.288 e. The lowest BCUT2D eigenvalue weighted by Crippen LogP contribution is -2.13. The molecule has 0 radical (unpaired) electrons. The Morgan fingerprint density at radius 1 is 0.750 bits per heavy atom. The Bertz CT molecular complexity index is 1370. The highest BCUT2D eigenvalue weighted by atomic mass is 16.6. The Hall–Kier alpha value is -4.93. The third-order valence-corrected chi connectivity index (χ3v) is 4.57. The van der Waals surface area contributed by atoms with Crippen LogP contribution in [0.25, 0.3) is 16.9 Å². The molecule has 32 heavy (non-hydrogen) atoms. The Labute approximate surface area is 179 Å². The van der Waals surface area contributed by atoms with Crippen molar-refractivity contribution in [2.45, 2.75) is 0 Å². The quantitative estimate of drug-likeness (QED) is 0.258. The predicted molar refractivity (Wildman–Crippen MR) is 116 cm³/mol. The van der Waals surface area contributed by atoms with Gasteiger partial charge in [-0.2, -0.15) is 5.11 Å². The van der Waals surface area contributed by atoms with Crippen molar-refractivity contribution in [2.75, 3.05) is 0 Å². The van der Waals surface area contributed by atoms with Crippen LogP contribution in [-0.2, 0) is 0 Å². The average Bonchev–Trinajstić information content (AvgIpc) is 3.14. The van der Waals surface area contributed by atoms with E-state index in [2.05, 4.69) is 15.3 Å². The van der Waals surface area contributed by atoms with Crippen molar-refractivity contribution in [3.8, 4) is 16.9 Å². The first-order chi connectivity index (χ1) is 15.4. The number of nitro benzene ring substituents is 2. The van der Waals surface area contributed by atoms with Gasteiger partial charge in [0, 0.05) is 29.8 Å². The topological polar surface area (TPSA) is 149 Å². The normalized spacial score (nSPS) is 11.0. The molecule has 4 rings (SSSR count). The third-order valence-electron chi connectivity index (χ3n) is 4.57. The lowest BCUT2D eigenvalue weighted by molar-refractivity contribution is -0.385. The standard InChI is InChI=1S/C21H14N6O5/c28-21-20(23-22-15-6-8-17(9-7-15)26(29)30)19(14-4-2-1-3-5-14)24-25(21)16-10-12-18(13-11-16)27(31)32/h1-13,24H. The molecular formula is C21H14N6O5. The highest BCUT2D eigenvalue weighted by molar-refractivity contribution is 5.72. The van der Waals surface area contributed by atoms with E-state index in [1.54, 1.807) is 24.3 Å². The van der Waals surface area contributed by atoms with Gasteiger partial charge in [0.05, 0.1) is 26.9 Å². The molecule has 0 saturated carbocycles. The van der Waals surface area contributed by atoms with Crippen molar-refractivity contribution < 1.29 is 9.85 Å². The summed E-state index contributed by atoms with van der Waals surface area (Å²) < 4.78 is 1.22. The molecule has 3 aromatic carbocycles. The first kappa shape index (κ1) is 20.3. The van der Waals surface area contributed by atoms with Crippen LogP contribution in [0.4, 0.5) is 22.7 Å². The van der Waals surface area contributed by atoms with Crippen LogP contribution in [0.2, 0.25) is 0 Å². The molecule has 0 aliphatic rings. The third kappa shape index (κ3) is 4.03. The maximum Gasteiger partial charge on any atom is 0.299 e. The number of H-pyrrole nitrogens is 1. The van der Waals surface area contributed by atoms with Crippen LogP contribution in [0, 0.1) is 20.2 Å². The summed E-state index contributed by atoms with van der Waals surface area (Å²) in [6.45, 7) is 0. The molecule has 4 aromatic rings. The van der Waals surface area contributed by atoms with Crippen molar-refractivity contribution in [1.29, 1.82) is 0 Å². The number of hydrogen-bond donors (Lipinski definition) is 1. The fourth-order valence-corrected chi connectivity index (χ4v) is 2.98. The molecular weight excluding hydrogens is 416 g/mol. The summed E-state index contributed by atoms with van der Waals surface area (Å²) in [6.07, 6.45) is 0. The molecule has 0 amide bonds. The molecule has 0 unspecified atom stereocenters. The number of benzene rings is 3. The number of nitrogens with zero attached hydrogens (tertiary/aromatic N) is 5. The maximum absolute atomic E-state index is 13.1. The summed E-state index contributed by atoms with van der Waals surface area (Å²) >= 11 is 0. The van der Waals surface area contributed by atoms with Crippen LogP contribution in [0.5, 0.6) is 0 Å². The first-order valence-corrected chi connectivity index (χ1v) is 9.25. The summed E-state index contributed by atoms with van der Waals surface area (Å²) in [6, 6.07) is 19.9. The Morgan fingerprint density at radius 2 is 1.31 bits per heavy atom. The van der Waals surface area contributed by atoms with Gasteiger partial charge >= 0.3 is 0 Å². The second-order valence-electron chi connectivity index (χ2n) is 6.59. The van der Waals surface area contributed by atoms with Gasteiger partial charge in [-0.25, -0.2) is 4.68 Å². The minimum Gasteiger partial charge on any atom is -0.288 e. The molecule has 0 saturated heterocycles. The van der Waals surface area contributed by atoms with Crippen molar-refractivity contribution in [3.63, 3.8) is 0 Å². The van der Waals surface area contributed by atoms with E-state index in [1.165, 1.54) is 53.2 Å². The van der Waals surface area contributed by atoms with E-state index < -0.39 is 15.4 Å². The highest BCUT2D eigenvalue weighted by Gasteiger charge is 2.17.